The minimum absolute atomic E-state index is 0.479. The highest BCUT2D eigenvalue weighted by atomic mass is 15.4. The Labute approximate surface area is 120 Å². The summed E-state index contributed by atoms with van der Waals surface area (Å²) in [5, 5.41) is 10.5. The fraction of sp³-hybridized carbons (Fsp3) is 0.143. The van der Waals surface area contributed by atoms with E-state index in [2.05, 4.69) is 20.2 Å². The molecule has 0 fully saturated rings. The van der Waals surface area contributed by atoms with E-state index in [9.17, 15) is 0 Å². The monoisotopic (exact) mass is 279 g/mol. The van der Waals surface area contributed by atoms with Crippen molar-refractivity contribution >= 4 is 27.9 Å². The molecule has 0 unspecified atom stereocenters. The maximum atomic E-state index is 5.92. The Kier molecular flexibility index (Phi) is 2.26. The minimum Gasteiger partial charge on any atom is -0.382 e. The van der Waals surface area contributed by atoms with Crippen LogP contribution in [0.5, 0.6) is 0 Å². The van der Waals surface area contributed by atoms with Crippen LogP contribution < -0.4 is 5.73 Å². The molecule has 4 aromatic heterocycles. The third kappa shape index (κ3) is 1.60. The first-order valence-corrected chi connectivity index (χ1v) is 6.55. The first kappa shape index (κ1) is 11.8. The first-order chi connectivity index (χ1) is 10.1. The van der Waals surface area contributed by atoms with Crippen LogP contribution in [-0.4, -0.2) is 29.5 Å². The van der Waals surface area contributed by atoms with Crippen LogP contribution in [-0.2, 0) is 7.05 Å². The molecule has 4 rings (SSSR count). The molecule has 0 radical (unpaired) electrons. The Bertz CT molecular complexity index is 965. The van der Waals surface area contributed by atoms with Gasteiger partial charge in [-0.25, -0.2) is 14.6 Å². The number of nitrogen functional groups attached to an aromatic ring is 1. The van der Waals surface area contributed by atoms with E-state index in [1.54, 1.807) is 15.6 Å². The third-order valence-corrected chi connectivity index (χ3v) is 3.53. The number of pyridine rings is 2. The van der Waals surface area contributed by atoms with Gasteiger partial charge in [0.2, 0.25) is 0 Å². The fourth-order valence-corrected chi connectivity index (χ4v) is 2.51. The molecule has 0 aliphatic heterocycles. The van der Waals surface area contributed by atoms with E-state index in [0.29, 0.717) is 5.82 Å². The second kappa shape index (κ2) is 4.02. The van der Waals surface area contributed by atoms with Crippen LogP contribution in [0.15, 0.2) is 30.5 Å². The summed E-state index contributed by atoms with van der Waals surface area (Å²) in [5.74, 6) is 1.21. The molecule has 0 spiro atoms. The molecular weight excluding hydrogens is 266 g/mol. The predicted molar refractivity (Wildman–Crippen MR) is 80.1 cm³/mol. The van der Waals surface area contributed by atoms with Crippen LogP contribution in [0, 0.1) is 6.92 Å². The number of fused-ring (bicyclic) bond motifs is 2. The summed E-state index contributed by atoms with van der Waals surface area (Å²) in [6.45, 7) is 1.95. The van der Waals surface area contributed by atoms with Gasteiger partial charge in [-0.2, -0.15) is 14.9 Å². The smallest absolute Gasteiger partial charge is 0.167 e. The average molecular weight is 279 g/mol. The van der Waals surface area contributed by atoms with E-state index in [0.717, 1.165) is 33.6 Å². The summed E-state index contributed by atoms with van der Waals surface area (Å²) in [6, 6.07) is 7.68. The lowest BCUT2D eigenvalue weighted by Gasteiger charge is -2.01. The number of nitrogens with zero attached hydrogens (tertiary/aromatic N) is 6. The maximum Gasteiger partial charge on any atom is 0.167 e. The van der Waals surface area contributed by atoms with Gasteiger partial charge in [0.05, 0.1) is 11.1 Å². The van der Waals surface area contributed by atoms with E-state index >= 15 is 0 Å². The maximum absolute atomic E-state index is 5.92. The van der Waals surface area contributed by atoms with Gasteiger partial charge in [0.1, 0.15) is 0 Å². The van der Waals surface area contributed by atoms with Gasteiger partial charge >= 0.3 is 0 Å². The molecule has 0 atom stereocenters. The van der Waals surface area contributed by atoms with Crippen LogP contribution in [0.1, 0.15) is 5.69 Å². The highest BCUT2D eigenvalue weighted by Gasteiger charge is 2.15. The van der Waals surface area contributed by atoms with Crippen LogP contribution in [0.4, 0.5) is 5.82 Å². The molecule has 0 saturated heterocycles. The molecule has 0 aliphatic rings. The van der Waals surface area contributed by atoms with Gasteiger partial charge in [-0.3, -0.25) is 0 Å². The quantitative estimate of drug-likeness (QED) is 0.571. The van der Waals surface area contributed by atoms with Crippen LogP contribution in [0.25, 0.3) is 27.9 Å². The molecule has 0 bridgehead atoms. The van der Waals surface area contributed by atoms with Crippen molar-refractivity contribution in [3.63, 3.8) is 0 Å². The molecule has 0 amide bonds. The third-order valence-electron chi connectivity index (χ3n) is 3.53. The van der Waals surface area contributed by atoms with Crippen molar-refractivity contribution in [3.8, 4) is 5.82 Å². The van der Waals surface area contributed by atoms with Gasteiger partial charge < -0.3 is 5.73 Å². The van der Waals surface area contributed by atoms with Gasteiger partial charge in [-0.05, 0) is 25.1 Å². The van der Waals surface area contributed by atoms with E-state index < -0.39 is 0 Å². The Hall–Kier alpha value is -2.96. The summed E-state index contributed by atoms with van der Waals surface area (Å²) in [7, 11) is 1.83. The largest absolute Gasteiger partial charge is 0.382 e. The molecule has 4 heterocycles. The lowest BCUT2D eigenvalue weighted by molar-refractivity contribution is 0.788. The Morgan fingerprint density at radius 1 is 1.10 bits per heavy atom. The number of anilines is 1. The molecule has 0 aliphatic carbocycles. The molecule has 104 valence electrons. The second-order valence-electron chi connectivity index (χ2n) is 4.92. The van der Waals surface area contributed by atoms with Crippen molar-refractivity contribution in [1.29, 1.82) is 0 Å². The number of hydrogen-bond donors (Lipinski definition) is 1. The van der Waals surface area contributed by atoms with Gasteiger partial charge in [0.25, 0.3) is 0 Å². The summed E-state index contributed by atoms with van der Waals surface area (Å²) in [6.07, 6.45) is 1.73. The minimum atomic E-state index is 0.479. The van der Waals surface area contributed by atoms with Gasteiger partial charge in [0, 0.05) is 18.6 Å². The standard InChI is InChI=1S/C14H13N7/c1-8-9-7-10-12(15)19-20(2)13(10)17-14(9)21(18-8)11-5-3-4-6-16-11/h3-7H,1-2H3,(H2,15,19). The van der Waals surface area contributed by atoms with Crippen molar-refractivity contribution in [2.75, 3.05) is 5.73 Å². The SMILES string of the molecule is Cc1nn(-c2ccccn2)c2nc3c(cc12)c(N)nn3C. The number of aromatic nitrogens is 6. The Balaban J connectivity index is 2.12. The molecular formula is C14H13N7. The van der Waals surface area contributed by atoms with E-state index in [1.807, 2.05) is 38.2 Å². The first-order valence-electron chi connectivity index (χ1n) is 6.55. The van der Waals surface area contributed by atoms with Gasteiger partial charge in [-0.15, -0.1) is 0 Å². The van der Waals surface area contributed by atoms with Crippen molar-refractivity contribution in [2.24, 2.45) is 7.05 Å². The average Bonchev–Trinajstić information content (AvgIpc) is 2.97. The zero-order valence-corrected chi connectivity index (χ0v) is 11.6. The van der Waals surface area contributed by atoms with E-state index in [-0.39, 0.29) is 0 Å². The predicted octanol–water partition coefficient (Wildman–Crippen LogP) is 1.59. The normalized spacial score (nSPS) is 11.5. The zero-order valence-electron chi connectivity index (χ0n) is 11.6. The number of aryl methyl sites for hydroxylation is 2. The molecule has 7 nitrogen and oxygen atoms in total. The number of nitrogens with two attached hydrogens (primary N) is 1. The Morgan fingerprint density at radius 2 is 1.95 bits per heavy atom. The van der Waals surface area contributed by atoms with Gasteiger partial charge in [-0.1, -0.05) is 6.07 Å². The number of hydrogen-bond acceptors (Lipinski definition) is 5. The molecule has 0 saturated carbocycles. The van der Waals surface area contributed by atoms with Crippen molar-refractivity contribution in [3.05, 3.63) is 36.2 Å². The summed E-state index contributed by atoms with van der Waals surface area (Å²) in [4.78, 5) is 9.01. The number of rotatable bonds is 1. The fourth-order valence-electron chi connectivity index (χ4n) is 2.51. The molecule has 21 heavy (non-hydrogen) atoms. The van der Waals surface area contributed by atoms with E-state index in [4.69, 9.17) is 5.73 Å². The highest BCUT2D eigenvalue weighted by Crippen LogP contribution is 2.26. The Morgan fingerprint density at radius 3 is 2.71 bits per heavy atom. The van der Waals surface area contributed by atoms with Crippen molar-refractivity contribution in [2.45, 2.75) is 6.92 Å². The highest BCUT2D eigenvalue weighted by molar-refractivity contribution is 5.96. The van der Waals surface area contributed by atoms with Crippen LogP contribution >= 0.6 is 0 Å². The molecule has 0 aromatic carbocycles. The molecule has 7 heteroatoms. The van der Waals surface area contributed by atoms with Crippen LogP contribution in [0.2, 0.25) is 0 Å². The van der Waals surface area contributed by atoms with Crippen LogP contribution in [0.3, 0.4) is 0 Å². The molecule has 2 N–H and O–H groups in total. The lowest BCUT2D eigenvalue weighted by atomic mass is 10.2. The second-order valence-corrected chi connectivity index (χ2v) is 4.92. The van der Waals surface area contributed by atoms with Crippen molar-refractivity contribution < 1.29 is 0 Å². The topological polar surface area (TPSA) is 87.4 Å². The summed E-state index contributed by atoms with van der Waals surface area (Å²) < 4.78 is 3.42. The zero-order chi connectivity index (χ0) is 14.6. The van der Waals surface area contributed by atoms with E-state index in [1.165, 1.54) is 0 Å². The van der Waals surface area contributed by atoms with Crippen molar-refractivity contribution in [1.82, 2.24) is 29.5 Å². The summed E-state index contributed by atoms with van der Waals surface area (Å²) in [5.41, 5.74) is 8.29. The van der Waals surface area contributed by atoms with Gasteiger partial charge in [0.15, 0.2) is 22.9 Å². The lowest BCUT2D eigenvalue weighted by Crippen LogP contribution is -2.01. The summed E-state index contributed by atoms with van der Waals surface area (Å²) >= 11 is 0. The molecule has 4 aromatic rings.